The molecule has 0 aliphatic carbocycles. The molecular weight excluding hydrogens is 274 g/mol. The summed E-state index contributed by atoms with van der Waals surface area (Å²) in [5, 5.41) is 13.7. The molecule has 0 aromatic heterocycles. The molecule has 104 valence electrons. The molecule has 0 bridgehead atoms. The van der Waals surface area contributed by atoms with Crippen LogP contribution in [0.3, 0.4) is 0 Å². The summed E-state index contributed by atoms with van der Waals surface area (Å²) < 4.78 is 0. The normalized spacial score (nSPS) is 12.1. The molecule has 20 heavy (non-hydrogen) atoms. The van der Waals surface area contributed by atoms with Gasteiger partial charge in [-0.15, -0.1) is 11.8 Å². The second kappa shape index (κ2) is 6.43. The number of fused-ring (bicyclic) bond motifs is 1. The number of hydrogen-bond acceptors (Lipinski definition) is 3. The molecule has 2 aromatic rings. The molecular formula is C15H15NO3S. The van der Waals surface area contributed by atoms with Gasteiger partial charge in [-0.1, -0.05) is 36.4 Å². The third-order valence-corrected chi connectivity index (χ3v) is 4.00. The Morgan fingerprint density at radius 2 is 1.90 bits per heavy atom. The number of carbonyl (C=O) groups excluding carboxylic acids is 1. The van der Waals surface area contributed by atoms with Crippen LogP contribution in [-0.4, -0.2) is 28.8 Å². The maximum Gasteiger partial charge on any atom is 0.327 e. The second-order valence-electron chi connectivity index (χ2n) is 4.38. The fourth-order valence-corrected chi connectivity index (χ4v) is 3.00. The van der Waals surface area contributed by atoms with E-state index >= 15 is 0 Å². The molecule has 4 nitrogen and oxygen atoms in total. The second-order valence-corrected chi connectivity index (χ2v) is 5.44. The Morgan fingerprint density at radius 3 is 2.60 bits per heavy atom. The highest BCUT2D eigenvalue weighted by Gasteiger charge is 2.18. The largest absolute Gasteiger partial charge is 0.480 e. The zero-order chi connectivity index (χ0) is 14.5. The lowest BCUT2D eigenvalue weighted by Gasteiger charge is -2.13. The van der Waals surface area contributed by atoms with E-state index in [9.17, 15) is 9.59 Å². The maximum atomic E-state index is 11.1. The molecule has 0 aliphatic heterocycles. The summed E-state index contributed by atoms with van der Waals surface area (Å²) in [4.78, 5) is 23.1. The van der Waals surface area contributed by atoms with Crippen LogP contribution in [0, 0.1) is 0 Å². The Kier molecular flexibility index (Phi) is 4.63. The lowest BCUT2D eigenvalue weighted by atomic mass is 10.1. The highest BCUT2D eigenvalue weighted by Crippen LogP contribution is 2.28. The van der Waals surface area contributed by atoms with Gasteiger partial charge in [0.25, 0.3) is 0 Å². The van der Waals surface area contributed by atoms with Crippen molar-refractivity contribution in [3.63, 3.8) is 0 Å². The molecule has 5 heteroatoms. The molecule has 2 aromatic carbocycles. The summed E-state index contributed by atoms with van der Waals surface area (Å²) in [6, 6.07) is 13.0. The molecule has 1 amide bonds. The molecule has 0 radical (unpaired) electrons. The molecule has 0 saturated carbocycles. The van der Waals surface area contributed by atoms with E-state index in [0.717, 1.165) is 15.7 Å². The number of nitrogens with one attached hydrogen (secondary N) is 1. The van der Waals surface area contributed by atoms with Gasteiger partial charge < -0.3 is 10.4 Å². The quantitative estimate of drug-likeness (QED) is 0.830. The van der Waals surface area contributed by atoms with E-state index in [1.165, 1.54) is 18.7 Å². The number of carboxylic acids is 1. The van der Waals surface area contributed by atoms with E-state index in [4.69, 9.17) is 5.11 Å². The Morgan fingerprint density at radius 1 is 1.20 bits per heavy atom. The van der Waals surface area contributed by atoms with Crippen LogP contribution in [0.1, 0.15) is 6.92 Å². The van der Waals surface area contributed by atoms with Gasteiger partial charge in [-0.05, 0) is 16.8 Å². The van der Waals surface area contributed by atoms with Crippen molar-refractivity contribution < 1.29 is 14.7 Å². The van der Waals surface area contributed by atoms with Crippen LogP contribution in [-0.2, 0) is 9.59 Å². The van der Waals surface area contributed by atoms with Gasteiger partial charge in [0.2, 0.25) is 5.91 Å². The number of aliphatic carboxylic acids is 1. The number of rotatable bonds is 5. The molecule has 0 aliphatic rings. The molecule has 2 rings (SSSR count). The van der Waals surface area contributed by atoms with Crippen molar-refractivity contribution in [1.29, 1.82) is 0 Å². The fraction of sp³-hybridized carbons (Fsp3) is 0.200. The van der Waals surface area contributed by atoms with Crippen LogP contribution in [0.4, 0.5) is 0 Å². The van der Waals surface area contributed by atoms with Gasteiger partial charge in [-0.2, -0.15) is 0 Å². The maximum absolute atomic E-state index is 11.1. The minimum atomic E-state index is -1.02. The number of hydrogen-bond donors (Lipinski definition) is 2. The predicted octanol–water partition coefficient (Wildman–Crippen LogP) is 2.52. The topological polar surface area (TPSA) is 66.4 Å². The summed E-state index contributed by atoms with van der Waals surface area (Å²) in [5.41, 5.74) is 0. The Labute approximate surface area is 121 Å². The van der Waals surface area contributed by atoms with Crippen LogP contribution in [0.25, 0.3) is 10.8 Å². The van der Waals surface area contributed by atoms with Crippen molar-refractivity contribution in [3.05, 3.63) is 42.5 Å². The Hall–Kier alpha value is -2.01. The SMILES string of the molecule is CC(=O)NC(CSc1cccc2ccccc12)C(=O)O. The van der Waals surface area contributed by atoms with Crippen molar-refractivity contribution >= 4 is 34.4 Å². The zero-order valence-electron chi connectivity index (χ0n) is 11.0. The summed E-state index contributed by atoms with van der Waals surface area (Å²) in [5.74, 6) is -1.06. The summed E-state index contributed by atoms with van der Waals surface area (Å²) in [6.45, 7) is 1.32. The highest BCUT2D eigenvalue weighted by molar-refractivity contribution is 7.99. The minimum Gasteiger partial charge on any atom is -0.480 e. The highest BCUT2D eigenvalue weighted by atomic mass is 32.2. The lowest BCUT2D eigenvalue weighted by molar-refractivity contribution is -0.140. The molecule has 0 fully saturated rings. The minimum absolute atomic E-state index is 0.295. The van der Waals surface area contributed by atoms with Crippen LogP contribution in [0.2, 0.25) is 0 Å². The standard InChI is InChI=1S/C15H15NO3S/c1-10(17)16-13(15(18)19)9-20-14-8-4-6-11-5-2-3-7-12(11)14/h2-8,13H,9H2,1H3,(H,16,17)(H,18,19). The van der Waals surface area contributed by atoms with Crippen LogP contribution in [0.5, 0.6) is 0 Å². The molecule has 0 saturated heterocycles. The van der Waals surface area contributed by atoms with Gasteiger partial charge in [0.05, 0.1) is 0 Å². The average Bonchev–Trinajstić information content (AvgIpc) is 2.42. The molecule has 2 N–H and O–H groups in total. The van der Waals surface area contributed by atoms with Gasteiger partial charge in [0.1, 0.15) is 6.04 Å². The van der Waals surface area contributed by atoms with Crippen molar-refractivity contribution in [2.24, 2.45) is 0 Å². The van der Waals surface area contributed by atoms with E-state index in [2.05, 4.69) is 5.32 Å². The number of carbonyl (C=O) groups is 2. The van der Waals surface area contributed by atoms with Crippen LogP contribution < -0.4 is 5.32 Å². The number of benzene rings is 2. The van der Waals surface area contributed by atoms with Gasteiger partial charge in [-0.25, -0.2) is 4.79 Å². The number of amides is 1. The van der Waals surface area contributed by atoms with E-state index < -0.39 is 12.0 Å². The van der Waals surface area contributed by atoms with E-state index in [-0.39, 0.29) is 5.91 Å². The van der Waals surface area contributed by atoms with Crippen LogP contribution in [0.15, 0.2) is 47.4 Å². The summed E-state index contributed by atoms with van der Waals surface area (Å²) in [6.07, 6.45) is 0. The molecule has 0 heterocycles. The van der Waals surface area contributed by atoms with Crippen molar-refractivity contribution in [2.45, 2.75) is 17.9 Å². The van der Waals surface area contributed by atoms with Gasteiger partial charge in [0.15, 0.2) is 0 Å². The monoisotopic (exact) mass is 289 g/mol. The summed E-state index contributed by atoms with van der Waals surface area (Å²) in [7, 11) is 0. The average molecular weight is 289 g/mol. The Bertz CT molecular complexity index is 637. The zero-order valence-corrected chi connectivity index (χ0v) is 11.8. The smallest absolute Gasteiger partial charge is 0.327 e. The summed E-state index contributed by atoms with van der Waals surface area (Å²) >= 11 is 1.43. The predicted molar refractivity (Wildman–Crippen MR) is 79.9 cm³/mol. The first-order chi connectivity index (χ1) is 9.58. The van der Waals surface area contributed by atoms with Crippen molar-refractivity contribution in [3.8, 4) is 0 Å². The van der Waals surface area contributed by atoms with E-state index in [1.807, 2.05) is 42.5 Å². The number of carboxylic acid groups (broad SMARTS) is 1. The van der Waals surface area contributed by atoms with Gasteiger partial charge in [0, 0.05) is 17.6 Å². The van der Waals surface area contributed by atoms with Gasteiger partial charge in [-0.3, -0.25) is 4.79 Å². The van der Waals surface area contributed by atoms with Crippen molar-refractivity contribution in [2.75, 3.05) is 5.75 Å². The van der Waals surface area contributed by atoms with Crippen LogP contribution >= 0.6 is 11.8 Å². The first kappa shape index (κ1) is 14.4. The third kappa shape index (κ3) is 3.51. The van der Waals surface area contributed by atoms with Crippen molar-refractivity contribution in [1.82, 2.24) is 5.32 Å². The molecule has 1 unspecified atom stereocenters. The lowest BCUT2D eigenvalue weighted by Crippen LogP contribution is -2.41. The van der Waals surface area contributed by atoms with E-state index in [0.29, 0.717) is 5.75 Å². The number of thioether (sulfide) groups is 1. The van der Waals surface area contributed by atoms with Gasteiger partial charge >= 0.3 is 5.97 Å². The van der Waals surface area contributed by atoms with E-state index in [1.54, 1.807) is 0 Å². The molecule has 1 atom stereocenters. The first-order valence-corrected chi connectivity index (χ1v) is 7.17. The fourth-order valence-electron chi connectivity index (χ4n) is 1.91. The third-order valence-electron chi connectivity index (χ3n) is 2.83. The molecule has 0 spiro atoms. The first-order valence-electron chi connectivity index (χ1n) is 6.18. The Balaban J connectivity index is 2.15.